The molecule has 6 saturated carbocycles. The second-order valence-corrected chi connectivity index (χ2v) is 20.9. The molecule has 8 aliphatic carbocycles. The van der Waals surface area contributed by atoms with E-state index in [4.69, 9.17) is 9.47 Å². The minimum absolute atomic E-state index is 0.0626. The Bertz CT molecular complexity index is 1850. The molecule has 0 bridgehead atoms. The van der Waals surface area contributed by atoms with Crippen molar-refractivity contribution in [1.29, 1.82) is 0 Å². The van der Waals surface area contributed by atoms with Crippen molar-refractivity contribution < 1.29 is 43.3 Å². The van der Waals surface area contributed by atoms with Crippen LogP contribution < -0.4 is 0 Å². The molecule has 8 rings (SSSR count). The summed E-state index contributed by atoms with van der Waals surface area (Å²) in [4.78, 5) is 52.4. The van der Waals surface area contributed by atoms with E-state index >= 15 is 4.39 Å². The van der Waals surface area contributed by atoms with Crippen molar-refractivity contribution in [2.45, 2.75) is 155 Å². The molecule has 0 amide bonds. The molecule has 6 fully saturated rings. The molecule has 15 atom stereocenters. The van der Waals surface area contributed by atoms with E-state index in [-0.39, 0.29) is 60.3 Å². The molecule has 0 saturated heterocycles. The lowest BCUT2D eigenvalue weighted by atomic mass is 9.44. The number of hydrogen-bond acceptors (Lipinski definition) is 8. The molecule has 0 aromatic heterocycles. The molecule has 5 unspecified atom stereocenters. The second kappa shape index (κ2) is 13.8. The van der Waals surface area contributed by atoms with Gasteiger partial charge in [-0.1, -0.05) is 70.6 Å². The van der Waals surface area contributed by atoms with Gasteiger partial charge in [0.15, 0.2) is 18.1 Å². The zero-order valence-corrected chi connectivity index (χ0v) is 35.0. The predicted molar refractivity (Wildman–Crippen MR) is 213 cm³/mol. The molecule has 0 aliphatic heterocycles. The summed E-state index contributed by atoms with van der Waals surface area (Å²) < 4.78 is 29.2. The number of ketones is 2. The Hall–Kier alpha value is -2.91. The molecule has 0 heterocycles. The predicted octanol–water partition coefficient (Wildman–Crippen LogP) is 8.29. The van der Waals surface area contributed by atoms with Crippen molar-refractivity contribution in [3.05, 3.63) is 47.6 Å². The number of Topliss-reactive ketones (excluding diaryl/α,β-unsaturated/α-hetero) is 1. The summed E-state index contributed by atoms with van der Waals surface area (Å²) in [7, 11) is 0. The largest absolute Gasteiger partial charge is 0.462 e. The zero-order valence-electron chi connectivity index (χ0n) is 35.0. The Morgan fingerprint density at radius 2 is 1.65 bits per heavy atom. The zero-order chi connectivity index (χ0) is 41.1. The number of rotatable bonds is 8. The van der Waals surface area contributed by atoms with Gasteiger partial charge in [0.2, 0.25) is 5.78 Å². The average Bonchev–Trinajstić information content (AvgIpc) is 3.58. The fourth-order valence-corrected chi connectivity index (χ4v) is 15.2. The number of carbonyl (C=O) groups excluding carboxylic acids is 4. The van der Waals surface area contributed by atoms with E-state index in [1.165, 1.54) is 5.57 Å². The number of esters is 2. The number of fused-ring (bicyclic) bond motifs is 10. The lowest BCUT2D eigenvalue weighted by Gasteiger charge is -2.62. The van der Waals surface area contributed by atoms with Crippen molar-refractivity contribution in [3.8, 4) is 0 Å². The van der Waals surface area contributed by atoms with Gasteiger partial charge in [0.25, 0.3) is 0 Å². The molecule has 57 heavy (non-hydrogen) atoms. The maximum absolute atomic E-state index is 17.6. The Kier molecular flexibility index (Phi) is 9.91. The number of alkyl halides is 1. The van der Waals surface area contributed by atoms with Crippen molar-refractivity contribution in [2.24, 2.45) is 63.1 Å². The number of allylic oxidation sites excluding steroid dienone is 6. The van der Waals surface area contributed by atoms with Gasteiger partial charge < -0.3 is 19.7 Å². The van der Waals surface area contributed by atoms with Crippen LogP contribution in [0.25, 0.3) is 0 Å². The minimum atomic E-state index is -1.97. The van der Waals surface area contributed by atoms with Crippen LogP contribution in [0.5, 0.6) is 0 Å². The van der Waals surface area contributed by atoms with Gasteiger partial charge in [-0.25, -0.2) is 4.39 Å². The fraction of sp³-hybridized carbons (Fsp3) is 0.750. The van der Waals surface area contributed by atoms with Crippen molar-refractivity contribution in [3.63, 3.8) is 0 Å². The highest BCUT2D eigenvalue weighted by atomic mass is 19.1. The van der Waals surface area contributed by atoms with Crippen LogP contribution in [0, 0.1) is 63.1 Å². The summed E-state index contributed by atoms with van der Waals surface area (Å²) in [6.07, 6.45) is 14.1. The first-order valence-electron chi connectivity index (χ1n) is 22.0. The first kappa shape index (κ1) is 40.9. The molecule has 312 valence electrons. The summed E-state index contributed by atoms with van der Waals surface area (Å²) in [6, 6.07) is 0. The van der Waals surface area contributed by atoms with E-state index in [1.54, 1.807) is 13.8 Å². The number of aliphatic hydroxyl groups is 2. The maximum Gasteiger partial charge on any atom is 0.306 e. The number of halogens is 1. The van der Waals surface area contributed by atoms with Crippen LogP contribution in [0.1, 0.15) is 131 Å². The highest BCUT2D eigenvalue weighted by Crippen LogP contribution is 2.71. The van der Waals surface area contributed by atoms with E-state index < -0.39 is 58.4 Å². The SMILES string of the molecule is C=C1C=C[C@@]2(C)C(=C1)CCC1C3C[C@H](C)[C@](O)(C(=O)COC(=O)CCCC(=O)O[C@H]4CCC5C6C(CC[C@@]54C)[C@@]4(C)CCC(=O)C=C4C[C@H]6C)[C@@]3(C)C[C@H](O)[C@@]12F. The molecule has 0 spiro atoms. The van der Waals surface area contributed by atoms with E-state index in [9.17, 15) is 29.4 Å². The molecule has 0 radical (unpaired) electrons. The molecule has 0 aromatic rings. The fourth-order valence-electron chi connectivity index (χ4n) is 15.2. The van der Waals surface area contributed by atoms with E-state index in [0.717, 1.165) is 49.7 Å². The van der Waals surface area contributed by atoms with Crippen LogP contribution >= 0.6 is 0 Å². The lowest BCUT2D eigenvalue weighted by Crippen LogP contribution is -2.69. The Morgan fingerprint density at radius 3 is 2.40 bits per heavy atom. The van der Waals surface area contributed by atoms with E-state index in [0.29, 0.717) is 49.4 Å². The monoisotopic (exact) mass is 788 g/mol. The Morgan fingerprint density at radius 1 is 0.912 bits per heavy atom. The van der Waals surface area contributed by atoms with Crippen LogP contribution in [-0.4, -0.2) is 63.8 Å². The summed E-state index contributed by atoms with van der Waals surface area (Å²) in [5.74, 6) is -0.765. The number of carbonyl (C=O) groups is 4. The molecular formula is C48H65FO8. The molecule has 0 aromatic carbocycles. The third-order valence-corrected chi connectivity index (χ3v) is 18.4. The van der Waals surface area contributed by atoms with Crippen LogP contribution in [0.2, 0.25) is 0 Å². The van der Waals surface area contributed by atoms with Gasteiger partial charge in [0, 0.05) is 41.4 Å². The standard InChI is InChI=1S/C48H65FO8/c1-27-15-20-45(6)30(21-27)11-12-33-36-23-29(3)48(55,46(36,7)25-37(51)47(33,45)49)38(52)26-56-40(53)9-8-10-41(54)57-39-14-13-34-42-28(2)22-31-24-32(50)16-18-43(31,4)35(42)17-19-44(34,39)5/h15,20-21,24,28-29,33-37,39,42,51,55H,1,8-14,16-19,22-23,25-26H2,2-7H3/t28-,29+,33?,34?,35?,36?,37+,39+,42?,43+,44+,45+,46+,47+,48+/m1/s1. The molecule has 8 nitrogen and oxygen atoms in total. The lowest BCUT2D eigenvalue weighted by molar-refractivity contribution is -0.219. The Labute approximate surface area is 338 Å². The highest BCUT2D eigenvalue weighted by Gasteiger charge is 2.75. The summed E-state index contributed by atoms with van der Waals surface area (Å²) in [6.45, 7) is 15.9. The molecule has 9 heteroatoms. The number of hydrogen-bond donors (Lipinski definition) is 2. The quantitative estimate of drug-likeness (QED) is 0.236. The maximum atomic E-state index is 17.6. The van der Waals surface area contributed by atoms with Gasteiger partial charge in [-0.3, -0.25) is 19.2 Å². The van der Waals surface area contributed by atoms with Crippen LogP contribution in [0.4, 0.5) is 4.39 Å². The van der Waals surface area contributed by atoms with Crippen molar-refractivity contribution >= 4 is 23.5 Å². The van der Waals surface area contributed by atoms with Gasteiger partial charge in [-0.05, 0) is 130 Å². The van der Waals surface area contributed by atoms with Gasteiger partial charge >= 0.3 is 11.9 Å². The van der Waals surface area contributed by atoms with Crippen molar-refractivity contribution in [2.75, 3.05) is 6.61 Å². The van der Waals surface area contributed by atoms with Crippen LogP contribution in [0.3, 0.4) is 0 Å². The van der Waals surface area contributed by atoms with Gasteiger partial charge in [0.1, 0.15) is 11.7 Å². The van der Waals surface area contributed by atoms with Crippen LogP contribution in [0.15, 0.2) is 47.6 Å². The Balaban J connectivity index is 0.843. The normalized spacial score (nSPS) is 48.3. The third-order valence-electron chi connectivity index (χ3n) is 18.4. The summed E-state index contributed by atoms with van der Waals surface area (Å²) in [5, 5.41) is 23.9. The van der Waals surface area contributed by atoms with Crippen molar-refractivity contribution in [1.82, 2.24) is 0 Å². The first-order chi connectivity index (χ1) is 26.7. The molecular weight excluding hydrogens is 724 g/mol. The second-order valence-electron chi connectivity index (χ2n) is 20.9. The highest BCUT2D eigenvalue weighted by molar-refractivity contribution is 5.92. The average molecular weight is 789 g/mol. The van der Waals surface area contributed by atoms with E-state index in [2.05, 4.69) is 27.4 Å². The number of aliphatic hydroxyl groups excluding tert-OH is 1. The first-order valence-corrected chi connectivity index (χ1v) is 22.0. The smallest absolute Gasteiger partial charge is 0.306 e. The minimum Gasteiger partial charge on any atom is -0.462 e. The number of ether oxygens (including phenoxy) is 2. The summed E-state index contributed by atoms with van der Waals surface area (Å²) in [5.41, 5.74) is -2.96. The molecule has 8 aliphatic rings. The van der Waals surface area contributed by atoms with Crippen LogP contribution in [-0.2, 0) is 28.7 Å². The van der Waals surface area contributed by atoms with E-state index in [1.807, 2.05) is 31.2 Å². The molecule has 2 N–H and O–H groups in total. The van der Waals surface area contributed by atoms with Gasteiger partial charge in [0.05, 0.1) is 6.10 Å². The third kappa shape index (κ3) is 5.76. The van der Waals surface area contributed by atoms with Gasteiger partial charge in [-0.15, -0.1) is 0 Å². The topological polar surface area (TPSA) is 127 Å². The summed E-state index contributed by atoms with van der Waals surface area (Å²) >= 11 is 0. The van der Waals surface area contributed by atoms with Gasteiger partial charge in [-0.2, -0.15) is 0 Å².